The van der Waals surface area contributed by atoms with Crippen molar-refractivity contribution >= 4 is 23.5 Å². The van der Waals surface area contributed by atoms with Gasteiger partial charge >= 0.3 is 6.03 Å². The summed E-state index contributed by atoms with van der Waals surface area (Å²) in [5.41, 5.74) is 2.03. The molecule has 5 heteroatoms. The molecule has 0 bridgehead atoms. The van der Waals surface area contributed by atoms with Gasteiger partial charge < -0.3 is 15.1 Å². The Morgan fingerprint density at radius 3 is 2.57 bits per heavy atom. The molecule has 1 aliphatic heterocycles. The highest BCUT2D eigenvalue weighted by Crippen LogP contribution is 2.24. The van der Waals surface area contributed by atoms with E-state index in [0.29, 0.717) is 12.6 Å². The van der Waals surface area contributed by atoms with Crippen molar-refractivity contribution < 1.29 is 4.79 Å². The maximum absolute atomic E-state index is 13.3. The molecular weight excluding hydrogens is 390 g/mol. The lowest BCUT2D eigenvalue weighted by Gasteiger charge is -2.40. The number of benzene rings is 2. The Balaban J connectivity index is 1.71. The Morgan fingerprint density at radius 1 is 1.17 bits per heavy atom. The highest BCUT2D eigenvalue weighted by Gasteiger charge is 2.29. The minimum absolute atomic E-state index is 0.00263. The molecule has 1 fully saturated rings. The van der Waals surface area contributed by atoms with E-state index in [0.717, 1.165) is 36.5 Å². The molecule has 4 nitrogen and oxygen atoms in total. The number of nitrogens with one attached hydrogen (secondary N) is 1. The van der Waals surface area contributed by atoms with Gasteiger partial charge in [-0.25, -0.2) is 4.79 Å². The Morgan fingerprint density at radius 2 is 1.90 bits per heavy atom. The Kier molecular flexibility index (Phi) is 8.64. The standard InChI is InChI=1S/C25H35N3OS/c1-4-9-20(2)27-16-14-23(15-17-27)28(19-21-10-6-5-7-11-21)25(29)26-22-12-8-13-24(18-22)30-3/h5-8,10-13,18,20,23H,4,9,14-17,19H2,1-3H3,(H,26,29). The van der Waals surface area contributed by atoms with Crippen LogP contribution in [0.3, 0.4) is 0 Å². The zero-order chi connectivity index (χ0) is 21.3. The molecule has 2 aromatic carbocycles. The van der Waals surface area contributed by atoms with E-state index in [2.05, 4.69) is 48.5 Å². The maximum Gasteiger partial charge on any atom is 0.322 e. The maximum atomic E-state index is 13.3. The third kappa shape index (κ3) is 6.26. The first kappa shape index (κ1) is 22.7. The van der Waals surface area contributed by atoms with E-state index < -0.39 is 0 Å². The average Bonchev–Trinajstić information content (AvgIpc) is 2.78. The number of urea groups is 1. The predicted molar refractivity (Wildman–Crippen MR) is 128 cm³/mol. The number of amides is 2. The highest BCUT2D eigenvalue weighted by atomic mass is 32.2. The molecule has 0 aromatic heterocycles. The van der Waals surface area contributed by atoms with E-state index in [1.165, 1.54) is 18.4 Å². The number of carbonyl (C=O) groups excluding carboxylic acids is 1. The van der Waals surface area contributed by atoms with Gasteiger partial charge in [0.1, 0.15) is 0 Å². The summed E-state index contributed by atoms with van der Waals surface area (Å²) < 4.78 is 0. The number of hydrogen-bond acceptors (Lipinski definition) is 3. The first-order valence-electron chi connectivity index (χ1n) is 11.1. The number of likely N-dealkylation sites (tertiary alicyclic amines) is 1. The minimum atomic E-state index is -0.00263. The van der Waals surface area contributed by atoms with Crippen molar-refractivity contribution in [2.75, 3.05) is 24.7 Å². The Labute approximate surface area is 186 Å². The van der Waals surface area contributed by atoms with Gasteiger partial charge in [0.05, 0.1) is 0 Å². The zero-order valence-electron chi connectivity index (χ0n) is 18.5. The second-order valence-electron chi connectivity index (χ2n) is 8.18. The van der Waals surface area contributed by atoms with Crippen molar-refractivity contribution in [1.82, 2.24) is 9.80 Å². The monoisotopic (exact) mass is 425 g/mol. The molecular formula is C25H35N3OS. The molecule has 2 amide bonds. The largest absolute Gasteiger partial charge is 0.322 e. The molecule has 1 atom stereocenters. The van der Waals surface area contributed by atoms with E-state index in [-0.39, 0.29) is 12.1 Å². The van der Waals surface area contributed by atoms with Crippen LogP contribution in [0.4, 0.5) is 10.5 Å². The SMILES string of the molecule is CCCC(C)N1CCC(N(Cc2ccccc2)C(=O)Nc2cccc(SC)c2)CC1. The third-order valence-electron chi connectivity index (χ3n) is 6.05. The summed E-state index contributed by atoms with van der Waals surface area (Å²) in [5.74, 6) is 0. The Hall–Kier alpha value is -1.98. The van der Waals surface area contributed by atoms with Gasteiger partial charge in [0, 0.05) is 42.3 Å². The van der Waals surface area contributed by atoms with Crippen LogP contribution in [-0.4, -0.2) is 47.3 Å². The highest BCUT2D eigenvalue weighted by molar-refractivity contribution is 7.98. The normalized spacial score (nSPS) is 16.2. The summed E-state index contributed by atoms with van der Waals surface area (Å²) in [6.07, 6.45) is 6.57. The van der Waals surface area contributed by atoms with Gasteiger partial charge in [-0.1, -0.05) is 49.7 Å². The summed E-state index contributed by atoms with van der Waals surface area (Å²) in [7, 11) is 0. The number of rotatable bonds is 8. The first-order valence-corrected chi connectivity index (χ1v) is 12.3. The number of piperidine rings is 1. The van der Waals surface area contributed by atoms with E-state index in [1.54, 1.807) is 11.8 Å². The van der Waals surface area contributed by atoms with Crippen molar-refractivity contribution in [2.24, 2.45) is 0 Å². The number of anilines is 1. The van der Waals surface area contributed by atoms with Gasteiger partial charge in [-0.05, 0) is 56.2 Å². The van der Waals surface area contributed by atoms with Crippen LogP contribution < -0.4 is 5.32 Å². The van der Waals surface area contributed by atoms with E-state index in [1.807, 2.05) is 41.3 Å². The molecule has 1 heterocycles. The first-order chi connectivity index (χ1) is 14.6. The molecule has 0 aliphatic carbocycles. The van der Waals surface area contributed by atoms with E-state index in [9.17, 15) is 4.79 Å². The third-order valence-corrected chi connectivity index (χ3v) is 6.77. The van der Waals surface area contributed by atoms with Crippen molar-refractivity contribution in [3.05, 3.63) is 60.2 Å². The second-order valence-corrected chi connectivity index (χ2v) is 9.06. The number of thioether (sulfide) groups is 1. The number of carbonyl (C=O) groups is 1. The van der Waals surface area contributed by atoms with Gasteiger partial charge in [0.2, 0.25) is 0 Å². The van der Waals surface area contributed by atoms with Crippen LogP contribution in [-0.2, 0) is 6.54 Å². The summed E-state index contributed by atoms with van der Waals surface area (Å²) in [6.45, 7) is 7.35. The van der Waals surface area contributed by atoms with E-state index in [4.69, 9.17) is 0 Å². The molecule has 1 saturated heterocycles. The van der Waals surface area contributed by atoms with Gasteiger partial charge in [0.15, 0.2) is 0 Å². The fourth-order valence-electron chi connectivity index (χ4n) is 4.28. The zero-order valence-corrected chi connectivity index (χ0v) is 19.3. The van der Waals surface area contributed by atoms with Crippen molar-refractivity contribution in [1.29, 1.82) is 0 Å². The molecule has 2 aromatic rings. The molecule has 30 heavy (non-hydrogen) atoms. The quantitative estimate of drug-likeness (QED) is 0.519. The lowest BCUT2D eigenvalue weighted by Crippen LogP contribution is -2.50. The average molecular weight is 426 g/mol. The summed E-state index contributed by atoms with van der Waals surface area (Å²) >= 11 is 1.69. The molecule has 0 spiro atoms. The van der Waals surface area contributed by atoms with Gasteiger partial charge in [-0.15, -0.1) is 11.8 Å². The van der Waals surface area contributed by atoms with Gasteiger partial charge in [-0.2, -0.15) is 0 Å². The van der Waals surface area contributed by atoms with Crippen LogP contribution in [0.1, 0.15) is 45.1 Å². The van der Waals surface area contributed by atoms with Crippen LogP contribution in [0.2, 0.25) is 0 Å². The molecule has 1 unspecified atom stereocenters. The van der Waals surface area contributed by atoms with E-state index >= 15 is 0 Å². The van der Waals surface area contributed by atoms with Gasteiger partial charge in [-0.3, -0.25) is 0 Å². The molecule has 0 saturated carbocycles. The summed E-state index contributed by atoms with van der Waals surface area (Å²) in [5, 5.41) is 3.15. The summed E-state index contributed by atoms with van der Waals surface area (Å²) in [4.78, 5) is 19.1. The van der Waals surface area contributed by atoms with Gasteiger partial charge in [0.25, 0.3) is 0 Å². The van der Waals surface area contributed by atoms with Crippen LogP contribution in [0.15, 0.2) is 59.5 Å². The molecule has 162 valence electrons. The predicted octanol–water partition coefficient (Wildman–Crippen LogP) is 6.10. The minimum Gasteiger partial charge on any atom is -0.317 e. The van der Waals surface area contributed by atoms with Crippen molar-refractivity contribution in [2.45, 2.75) is 63.1 Å². The van der Waals surface area contributed by atoms with Crippen LogP contribution >= 0.6 is 11.8 Å². The fourth-order valence-corrected chi connectivity index (χ4v) is 4.74. The molecule has 0 radical (unpaired) electrons. The molecule has 1 N–H and O–H groups in total. The van der Waals surface area contributed by atoms with Crippen LogP contribution in [0.5, 0.6) is 0 Å². The fraction of sp³-hybridized carbons (Fsp3) is 0.480. The summed E-state index contributed by atoms with van der Waals surface area (Å²) in [6, 6.07) is 19.3. The smallest absolute Gasteiger partial charge is 0.317 e. The Bertz CT molecular complexity index is 790. The molecule has 1 aliphatic rings. The lowest BCUT2D eigenvalue weighted by molar-refractivity contribution is 0.0989. The number of hydrogen-bond donors (Lipinski definition) is 1. The van der Waals surface area contributed by atoms with Crippen LogP contribution in [0.25, 0.3) is 0 Å². The van der Waals surface area contributed by atoms with Crippen molar-refractivity contribution in [3.63, 3.8) is 0 Å². The molecule has 3 rings (SSSR count). The number of nitrogens with zero attached hydrogens (tertiary/aromatic N) is 2. The topological polar surface area (TPSA) is 35.6 Å². The van der Waals surface area contributed by atoms with Crippen molar-refractivity contribution in [3.8, 4) is 0 Å². The second kappa shape index (κ2) is 11.4. The van der Waals surface area contributed by atoms with Crippen LogP contribution in [0, 0.1) is 0 Å². The lowest BCUT2D eigenvalue weighted by atomic mass is 10.00.